The predicted molar refractivity (Wildman–Crippen MR) is 208 cm³/mol. The number of nitrogens with one attached hydrogen (secondary N) is 2. The van der Waals surface area contributed by atoms with E-state index >= 15 is 0 Å². The van der Waals surface area contributed by atoms with E-state index in [9.17, 15) is 0 Å². The molecule has 5 heterocycles. The van der Waals surface area contributed by atoms with Crippen molar-refractivity contribution in [3.63, 3.8) is 0 Å². The van der Waals surface area contributed by atoms with Gasteiger partial charge < -0.3 is 9.97 Å². The van der Waals surface area contributed by atoms with Gasteiger partial charge in [0.1, 0.15) is 22.6 Å². The van der Waals surface area contributed by atoms with Crippen molar-refractivity contribution in [1.29, 1.82) is 0 Å². The van der Waals surface area contributed by atoms with Crippen molar-refractivity contribution in [1.82, 2.24) is 39.9 Å². The molecule has 2 atom stereocenters. The predicted octanol–water partition coefficient (Wildman–Crippen LogP) is 10.7. The van der Waals surface area contributed by atoms with E-state index in [1.165, 1.54) is 44.5 Å². The van der Waals surface area contributed by atoms with Crippen LogP contribution in [0.15, 0.2) is 24.3 Å². The number of fused-ring (bicyclic) bond motifs is 16. The van der Waals surface area contributed by atoms with Crippen molar-refractivity contribution < 1.29 is 0 Å². The van der Waals surface area contributed by atoms with Crippen LogP contribution in [0.4, 0.5) is 0 Å². The van der Waals surface area contributed by atoms with Crippen LogP contribution < -0.4 is 0 Å². The molecule has 2 aliphatic carbocycles. The summed E-state index contributed by atoms with van der Waals surface area (Å²) < 4.78 is 0. The molecule has 8 rings (SSSR count). The molecule has 4 aliphatic rings. The summed E-state index contributed by atoms with van der Waals surface area (Å²) in [6.45, 7) is 13.4. The zero-order valence-corrected chi connectivity index (χ0v) is 31.3. The molecule has 0 radical (unpaired) electrons. The van der Waals surface area contributed by atoms with Crippen molar-refractivity contribution in [2.45, 2.75) is 137 Å². The topological polar surface area (TPSA) is 109 Å². The standard InChI is InChI=1S/C43H52N8/c1-7-13-26-27(14-8-2)37-44-36(26)45-38-28(15-9-3)30(17-11-5)40(47-38)49-42-34-22-32-24-19-20-25(21-24)33(32)23-35(34)43(51-42)50-41-31(18-12-6)29(16-10-4)39(46-37)48-41/h19-20,22-25H,7-18,21H2,1-6H3,(H2,44,45,46,47,48,49,50,51)/t24-,25+. The highest BCUT2D eigenvalue weighted by molar-refractivity contribution is 5.91. The zero-order chi connectivity index (χ0) is 35.2. The minimum Gasteiger partial charge on any atom is -0.324 e. The lowest BCUT2D eigenvalue weighted by atomic mass is 9.92. The molecule has 264 valence electrons. The number of hydrogen-bond acceptors (Lipinski definition) is 6. The summed E-state index contributed by atoms with van der Waals surface area (Å²) in [6.07, 6.45) is 17.6. The molecule has 51 heavy (non-hydrogen) atoms. The van der Waals surface area contributed by atoms with Gasteiger partial charge in [-0.15, -0.1) is 0 Å². The van der Waals surface area contributed by atoms with Crippen molar-refractivity contribution >= 4 is 33.7 Å². The lowest BCUT2D eigenvalue weighted by molar-refractivity contribution is 0.804. The minimum atomic E-state index is 0.471. The third kappa shape index (κ3) is 5.75. The second-order valence-corrected chi connectivity index (χ2v) is 14.8. The Bertz CT molecular complexity index is 2080. The monoisotopic (exact) mass is 680 g/mol. The molecule has 8 nitrogen and oxygen atoms in total. The number of allylic oxidation sites excluding steroid dienone is 4. The van der Waals surface area contributed by atoms with Crippen LogP contribution >= 0.6 is 0 Å². The highest BCUT2D eigenvalue weighted by Crippen LogP contribution is 2.51. The third-order valence-corrected chi connectivity index (χ3v) is 11.1. The van der Waals surface area contributed by atoms with Gasteiger partial charge in [-0.2, -0.15) is 0 Å². The molecule has 3 aromatic heterocycles. The Morgan fingerprint density at radius 1 is 0.451 bits per heavy atom. The van der Waals surface area contributed by atoms with Gasteiger partial charge in [-0.25, -0.2) is 29.9 Å². The first-order valence-electron chi connectivity index (χ1n) is 19.8. The first-order chi connectivity index (χ1) is 25.0. The third-order valence-electron chi connectivity index (χ3n) is 11.1. The SMILES string of the molecule is CCCC1=C(CCC)c2nc1nc1[nH]c(nc3nc(nc4[nH]c(n2)c(CCC)c4CCC)-c2cc4c(cc2-3)[C@@H]2C=C[C@H]4C2)c(CCC)c1CCC. The number of nitrogens with zero attached hydrogens (tertiary/aromatic N) is 6. The molecule has 8 heteroatoms. The van der Waals surface area contributed by atoms with Crippen LogP contribution in [0.2, 0.25) is 0 Å². The zero-order valence-electron chi connectivity index (χ0n) is 31.3. The fraction of sp³-hybridized carbons (Fsp3) is 0.488. The Hall–Kier alpha value is -4.46. The Balaban J connectivity index is 1.52. The number of rotatable bonds is 12. The van der Waals surface area contributed by atoms with Gasteiger partial charge in [0.05, 0.1) is 0 Å². The molecule has 0 spiro atoms. The number of benzene rings is 1. The molecule has 0 saturated carbocycles. The van der Waals surface area contributed by atoms with Gasteiger partial charge >= 0.3 is 0 Å². The molecular formula is C43H52N8. The fourth-order valence-corrected chi connectivity index (χ4v) is 8.89. The number of aromatic amines is 2. The molecule has 4 aromatic rings. The Kier molecular flexibility index (Phi) is 9.20. The van der Waals surface area contributed by atoms with Gasteiger partial charge in [0.25, 0.3) is 0 Å². The van der Waals surface area contributed by atoms with E-state index in [0.29, 0.717) is 11.8 Å². The molecule has 10 bridgehead atoms. The van der Waals surface area contributed by atoms with E-state index in [2.05, 4.69) is 75.8 Å². The summed E-state index contributed by atoms with van der Waals surface area (Å²) in [5.41, 5.74) is 15.9. The Morgan fingerprint density at radius 3 is 1.14 bits per heavy atom. The van der Waals surface area contributed by atoms with E-state index in [1.54, 1.807) is 0 Å². The second-order valence-electron chi connectivity index (χ2n) is 14.8. The fourth-order valence-electron chi connectivity index (χ4n) is 8.89. The summed E-state index contributed by atoms with van der Waals surface area (Å²) in [7, 11) is 0. The molecule has 2 N–H and O–H groups in total. The molecule has 2 aliphatic heterocycles. The molecule has 1 aromatic carbocycles. The van der Waals surface area contributed by atoms with E-state index in [-0.39, 0.29) is 0 Å². The number of aromatic nitrogens is 8. The largest absolute Gasteiger partial charge is 0.324 e. The highest BCUT2D eigenvalue weighted by atomic mass is 15.1. The average molecular weight is 681 g/mol. The van der Waals surface area contributed by atoms with Gasteiger partial charge in [-0.1, -0.05) is 92.2 Å². The minimum absolute atomic E-state index is 0.471. The van der Waals surface area contributed by atoms with Crippen molar-refractivity contribution in [3.05, 3.63) is 69.3 Å². The van der Waals surface area contributed by atoms with Crippen LogP contribution in [0.3, 0.4) is 0 Å². The normalized spacial score (nSPS) is 17.1. The van der Waals surface area contributed by atoms with Gasteiger partial charge in [0.2, 0.25) is 0 Å². The van der Waals surface area contributed by atoms with E-state index < -0.39 is 0 Å². The van der Waals surface area contributed by atoms with Gasteiger partial charge in [0.15, 0.2) is 23.3 Å². The van der Waals surface area contributed by atoms with Gasteiger partial charge in [-0.3, -0.25) is 0 Å². The van der Waals surface area contributed by atoms with Crippen LogP contribution in [0.1, 0.15) is 156 Å². The lowest BCUT2D eigenvalue weighted by Crippen LogP contribution is -1.95. The molecule has 0 amide bonds. The van der Waals surface area contributed by atoms with Crippen LogP contribution in [-0.2, 0) is 25.7 Å². The van der Waals surface area contributed by atoms with Gasteiger partial charge in [-0.05, 0) is 68.2 Å². The quantitative estimate of drug-likeness (QED) is 0.127. The molecule has 0 unspecified atom stereocenters. The number of hydrogen-bond donors (Lipinski definition) is 2. The van der Waals surface area contributed by atoms with Crippen LogP contribution in [0, 0.1) is 0 Å². The van der Waals surface area contributed by atoms with Crippen molar-refractivity contribution in [2.24, 2.45) is 0 Å². The lowest BCUT2D eigenvalue weighted by Gasteiger charge is -2.12. The van der Waals surface area contributed by atoms with Gasteiger partial charge in [0, 0.05) is 56.4 Å². The molecule has 0 saturated heterocycles. The summed E-state index contributed by atoms with van der Waals surface area (Å²) in [5.74, 6) is 3.98. The first-order valence-corrected chi connectivity index (χ1v) is 19.8. The Labute approximate surface area is 301 Å². The van der Waals surface area contributed by atoms with E-state index in [1.807, 2.05) is 0 Å². The van der Waals surface area contributed by atoms with Crippen LogP contribution in [0.25, 0.3) is 56.5 Å². The smallest absolute Gasteiger partial charge is 0.164 e. The maximum Gasteiger partial charge on any atom is 0.164 e. The van der Waals surface area contributed by atoms with Crippen LogP contribution in [0.5, 0.6) is 0 Å². The molecule has 0 fully saturated rings. The summed E-state index contributed by atoms with van der Waals surface area (Å²) in [5, 5.41) is 0. The second kappa shape index (κ2) is 13.9. The molecular weight excluding hydrogens is 629 g/mol. The maximum absolute atomic E-state index is 5.40. The maximum atomic E-state index is 5.40. The number of H-pyrrole nitrogens is 2. The first kappa shape index (κ1) is 33.7. The van der Waals surface area contributed by atoms with E-state index in [0.717, 1.165) is 140 Å². The Morgan fingerprint density at radius 2 is 0.784 bits per heavy atom. The van der Waals surface area contributed by atoms with Crippen LogP contribution in [-0.4, -0.2) is 39.9 Å². The number of aryl methyl sites for hydroxylation is 4. The van der Waals surface area contributed by atoms with Crippen molar-refractivity contribution in [2.75, 3.05) is 0 Å². The summed E-state index contributed by atoms with van der Waals surface area (Å²) in [6, 6.07) is 4.73. The van der Waals surface area contributed by atoms with E-state index in [4.69, 9.17) is 29.9 Å². The summed E-state index contributed by atoms with van der Waals surface area (Å²) >= 11 is 0. The van der Waals surface area contributed by atoms with Crippen molar-refractivity contribution in [3.8, 4) is 22.8 Å². The highest BCUT2D eigenvalue weighted by Gasteiger charge is 2.35. The average Bonchev–Trinajstić information content (AvgIpc) is 3.97. The summed E-state index contributed by atoms with van der Waals surface area (Å²) in [4.78, 5) is 39.6.